The van der Waals surface area contributed by atoms with Gasteiger partial charge in [-0.15, -0.1) is 11.3 Å². The molecule has 18 heavy (non-hydrogen) atoms. The van der Waals surface area contributed by atoms with Gasteiger partial charge in [-0.1, -0.05) is 11.6 Å². The van der Waals surface area contributed by atoms with Crippen LogP contribution in [0.15, 0.2) is 17.6 Å². The monoisotopic (exact) mass is 283 g/mol. The zero-order valence-electron chi connectivity index (χ0n) is 10.2. The standard InChI is InChI=1S/C12H14ClN3OS/c1-8-11(18-7-14-8)5-16(2)12-4-3-9(13)10(6-17)15-12/h3-4,7,17H,5-6H2,1-2H3. The molecule has 0 atom stereocenters. The van der Waals surface area contributed by atoms with Crippen molar-refractivity contribution in [3.05, 3.63) is 38.9 Å². The second-order valence-corrected chi connectivity index (χ2v) is 5.32. The Hall–Kier alpha value is -1.17. The van der Waals surface area contributed by atoms with Crippen LogP contribution >= 0.6 is 22.9 Å². The van der Waals surface area contributed by atoms with E-state index >= 15 is 0 Å². The molecule has 0 aromatic carbocycles. The second-order valence-electron chi connectivity index (χ2n) is 3.97. The van der Waals surface area contributed by atoms with Gasteiger partial charge < -0.3 is 10.0 Å². The van der Waals surface area contributed by atoms with E-state index in [-0.39, 0.29) is 6.61 Å². The summed E-state index contributed by atoms with van der Waals surface area (Å²) >= 11 is 7.55. The molecule has 0 radical (unpaired) electrons. The van der Waals surface area contributed by atoms with Crippen molar-refractivity contribution in [1.82, 2.24) is 9.97 Å². The number of aliphatic hydroxyl groups excluding tert-OH is 1. The molecule has 0 spiro atoms. The first-order chi connectivity index (χ1) is 8.61. The fourth-order valence-electron chi connectivity index (χ4n) is 1.57. The van der Waals surface area contributed by atoms with Gasteiger partial charge in [0, 0.05) is 11.9 Å². The Bertz CT molecular complexity index is 544. The Kier molecular flexibility index (Phi) is 4.16. The number of aromatic nitrogens is 2. The summed E-state index contributed by atoms with van der Waals surface area (Å²) < 4.78 is 0. The molecule has 0 fully saturated rings. The summed E-state index contributed by atoms with van der Waals surface area (Å²) in [5.74, 6) is 0.788. The van der Waals surface area contributed by atoms with Crippen molar-refractivity contribution in [2.24, 2.45) is 0 Å². The Morgan fingerprint density at radius 2 is 2.22 bits per heavy atom. The summed E-state index contributed by atoms with van der Waals surface area (Å²) in [5.41, 5.74) is 3.39. The third kappa shape index (κ3) is 2.80. The molecule has 2 aromatic rings. The van der Waals surface area contributed by atoms with Crippen LogP contribution in [-0.4, -0.2) is 22.1 Å². The Labute approximate surface area is 115 Å². The summed E-state index contributed by atoms with van der Waals surface area (Å²) in [7, 11) is 1.95. The third-order valence-corrected chi connectivity index (χ3v) is 3.93. The van der Waals surface area contributed by atoms with Crippen LogP contribution in [0.25, 0.3) is 0 Å². The van der Waals surface area contributed by atoms with Gasteiger partial charge in [-0.25, -0.2) is 9.97 Å². The van der Waals surface area contributed by atoms with Gasteiger partial charge in [0.1, 0.15) is 5.82 Å². The SMILES string of the molecule is Cc1ncsc1CN(C)c1ccc(Cl)c(CO)n1. The van der Waals surface area contributed by atoms with Crippen LogP contribution in [0.5, 0.6) is 0 Å². The lowest BCUT2D eigenvalue weighted by atomic mass is 10.3. The van der Waals surface area contributed by atoms with Crippen LogP contribution in [0.1, 0.15) is 16.3 Å². The van der Waals surface area contributed by atoms with Crippen molar-refractivity contribution >= 4 is 28.8 Å². The van der Waals surface area contributed by atoms with E-state index in [2.05, 4.69) is 9.97 Å². The summed E-state index contributed by atoms with van der Waals surface area (Å²) in [5, 5.41) is 9.64. The maximum absolute atomic E-state index is 9.15. The van der Waals surface area contributed by atoms with Gasteiger partial charge in [-0.3, -0.25) is 0 Å². The van der Waals surface area contributed by atoms with Gasteiger partial charge in [0.15, 0.2) is 0 Å². The highest BCUT2D eigenvalue weighted by Gasteiger charge is 2.09. The van der Waals surface area contributed by atoms with Gasteiger partial charge in [0.2, 0.25) is 0 Å². The van der Waals surface area contributed by atoms with Crippen molar-refractivity contribution in [1.29, 1.82) is 0 Å². The number of aryl methyl sites for hydroxylation is 1. The van der Waals surface area contributed by atoms with Gasteiger partial charge in [-0.05, 0) is 19.1 Å². The van der Waals surface area contributed by atoms with Crippen molar-refractivity contribution in [3.63, 3.8) is 0 Å². The molecular formula is C12H14ClN3OS. The quantitative estimate of drug-likeness (QED) is 0.937. The average molecular weight is 284 g/mol. The summed E-state index contributed by atoms with van der Waals surface area (Å²) in [4.78, 5) is 11.8. The Balaban J connectivity index is 2.18. The molecule has 2 rings (SSSR count). The fourth-order valence-corrected chi connectivity index (χ4v) is 2.57. The molecule has 96 valence electrons. The van der Waals surface area contributed by atoms with E-state index in [0.29, 0.717) is 10.7 Å². The lowest BCUT2D eigenvalue weighted by Crippen LogP contribution is -2.18. The molecule has 0 aliphatic heterocycles. The third-order valence-electron chi connectivity index (χ3n) is 2.67. The van der Waals surface area contributed by atoms with E-state index < -0.39 is 0 Å². The zero-order chi connectivity index (χ0) is 13.1. The second kappa shape index (κ2) is 5.65. The molecule has 0 bridgehead atoms. The first kappa shape index (κ1) is 13.3. The lowest BCUT2D eigenvalue weighted by molar-refractivity contribution is 0.277. The van der Waals surface area contributed by atoms with Gasteiger partial charge >= 0.3 is 0 Å². The summed E-state index contributed by atoms with van der Waals surface area (Å²) in [6.45, 7) is 2.59. The molecule has 0 aliphatic rings. The average Bonchev–Trinajstić information content (AvgIpc) is 2.75. The molecule has 0 amide bonds. The molecule has 2 aromatic heterocycles. The molecule has 0 aliphatic carbocycles. The van der Waals surface area contributed by atoms with Crippen LogP contribution in [0.3, 0.4) is 0 Å². The van der Waals surface area contributed by atoms with E-state index in [0.717, 1.165) is 18.1 Å². The number of nitrogens with zero attached hydrogens (tertiary/aromatic N) is 3. The Morgan fingerprint density at radius 3 is 2.83 bits per heavy atom. The first-order valence-corrected chi connectivity index (χ1v) is 6.74. The Morgan fingerprint density at radius 1 is 1.44 bits per heavy atom. The van der Waals surface area contributed by atoms with Gasteiger partial charge in [0.25, 0.3) is 0 Å². The minimum absolute atomic E-state index is 0.153. The number of hydrogen-bond acceptors (Lipinski definition) is 5. The van der Waals surface area contributed by atoms with E-state index in [4.69, 9.17) is 16.7 Å². The van der Waals surface area contributed by atoms with Crippen LogP contribution in [-0.2, 0) is 13.2 Å². The van der Waals surface area contributed by atoms with Gasteiger partial charge in [0.05, 0.1) is 35.1 Å². The molecule has 0 saturated carbocycles. The van der Waals surface area contributed by atoms with Gasteiger partial charge in [-0.2, -0.15) is 0 Å². The van der Waals surface area contributed by atoms with E-state index in [1.807, 2.05) is 30.4 Å². The first-order valence-electron chi connectivity index (χ1n) is 5.48. The normalized spacial score (nSPS) is 10.7. The topological polar surface area (TPSA) is 49.2 Å². The number of rotatable bonds is 4. The highest BCUT2D eigenvalue weighted by molar-refractivity contribution is 7.09. The summed E-state index contributed by atoms with van der Waals surface area (Å²) in [6, 6.07) is 3.60. The largest absolute Gasteiger partial charge is 0.390 e. The number of hydrogen-bond donors (Lipinski definition) is 1. The van der Waals surface area contributed by atoms with Crippen molar-refractivity contribution in [2.45, 2.75) is 20.1 Å². The zero-order valence-corrected chi connectivity index (χ0v) is 11.8. The number of halogens is 1. The minimum atomic E-state index is -0.153. The van der Waals surface area contributed by atoms with E-state index in [9.17, 15) is 0 Å². The maximum atomic E-state index is 9.15. The minimum Gasteiger partial charge on any atom is -0.390 e. The highest BCUT2D eigenvalue weighted by Crippen LogP contribution is 2.21. The van der Waals surface area contributed by atoms with E-state index in [1.54, 1.807) is 17.4 Å². The van der Waals surface area contributed by atoms with Crippen LogP contribution in [0.2, 0.25) is 5.02 Å². The smallest absolute Gasteiger partial charge is 0.129 e. The molecule has 0 unspecified atom stereocenters. The molecular weight excluding hydrogens is 270 g/mol. The van der Waals surface area contributed by atoms with Crippen LogP contribution in [0, 0.1) is 6.92 Å². The predicted molar refractivity (Wildman–Crippen MR) is 74.1 cm³/mol. The highest BCUT2D eigenvalue weighted by atomic mass is 35.5. The molecule has 1 N–H and O–H groups in total. The number of anilines is 1. The number of aliphatic hydroxyl groups is 1. The van der Waals surface area contributed by atoms with Crippen molar-refractivity contribution in [3.8, 4) is 0 Å². The predicted octanol–water partition coefficient (Wildman–Crippen LogP) is 2.63. The fraction of sp³-hybridized carbons (Fsp3) is 0.333. The van der Waals surface area contributed by atoms with Crippen molar-refractivity contribution in [2.75, 3.05) is 11.9 Å². The molecule has 4 nitrogen and oxygen atoms in total. The maximum Gasteiger partial charge on any atom is 0.129 e. The molecule has 6 heteroatoms. The lowest BCUT2D eigenvalue weighted by Gasteiger charge is -2.18. The van der Waals surface area contributed by atoms with Crippen molar-refractivity contribution < 1.29 is 5.11 Å². The van der Waals surface area contributed by atoms with Crippen LogP contribution in [0.4, 0.5) is 5.82 Å². The van der Waals surface area contributed by atoms with E-state index in [1.165, 1.54) is 4.88 Å². The number of pyridine rings is 1. The molecule has 0 saturated heterocycles. The van der Waals surface area contributed by atoms with Crippen LogP contribution < -0.4 is 4.90 Å². The number of thiazole rings is 1. The summed E-state index contributed by atoms with van der Waals surface area (Å²) in [6.07, 6.45) is 0. The molecule has 2 heterocycles.